The topological polar surface area (TPSA) is 41.7 Å². The van der Waals surface area contributed by atoms with Crippen LogP contribution in [0, 0.1) is 5.92 Å². The minimum Gasteiger partial charge on any atom is -0.492 e. The molecule has 2 rings (SSSR count). The predicted octanol–water partition coefficient (Wildman–Crippen LogP) is 1.53. The van der Waals surface area contributed by atoms with Crippen molar-refractivity contribution in [2.24, 2.45) is 5.92 Å². The van der Waals surface area contributed by atoms with Gasteiger partial charge in [-0.15, -0.1) is 0 Å². The third kappa shape index (κ3) is 4.73. The number of hydrogen-bond acceptors (Lipinski definition) is 4. The van der Waals surface area contributed by atoms with E-state index in [2.05, 4.69) is 23.9 Å². The first-order valence-corrected chi connectivity index (χ1v) is 6.99. The molecule has 0 amide bonds. The Morgan fingerprint density at radius 1 is 1.47 bits per heavy atom. The van der Waals surface area contributed by atoms with Crippen LogP contribution >= 0.6 is 0 Å². The van der Waals surface area contributed by atoms with E-state index in [4.69, 9.17) is 10.5 Å². The van der Waals surface area contributed by atoms with Crippen LogP contribution in [0.3, 0.4) is 0 Å². The van der Waals surface area contributed by atoms with Gasteiger partial charge in [-0.25, -0.2) is 0 Å². The highest BCUT2D eigenvalue weighted by Gasteiger charge is 2.20. The van der Waals surface area contributed by atoms with Gasteiger partial charge >= 0.3 is 0 Å². The van der Waals surface area contributed by atoms with Gasteiger partial charge in [0.25, 0.3) is 0 Å². The second-order valence-corrected chi connectivity index (χ2v) is 5.60. The lowest BCUT2D eigenvalue weighted by molar-refractivity contribution is 0.215. The number of nitrogens with two attached hydrogens (primary N) is 1. The standard InChI is InChI=1S/C15H25N3O/c1-17-7-6-13(11-17)12-18(2)8-9-19-15-5-3-4-14(16)10-15/h3-5,10,13H,6-9,11-12,16H2,1-2H3. The largest absolute Gasteiger partial charge is 0.492 e. The number of anilines is 1. The molecule has 0 bridgehead atoms. The molecule has 0 spiro atoms. The number of likely N-dealkylation sites (tertiary alicyclic amines) is 1. The molecule has 1 fully saturated rings. The molecule has 4 nitrogen and oxygen atoms in total. The van der Waals surface area contributed by atoms with Gasteiger partial charge in [0, 0.05) is 31.4 Å². The zero-order valence-corrected chi connectivity index (χ0v) is 12.0. The Hall–Kier alpha value is -1.26. The molecule has 0 radical (unpaired) electrons. The first-order valence-electron chi connectivity index (χ1n) is 6.99. The number of nitrogen functional groups attached to an aromatic ring is 1. The lowest BCUT2D eigenvalue weighted by atomic mass is 10.1. The third-order valence-electron chi connectivity index (χ3n) is 3.66. The Bertz CT molecular complexity index is 397. The zero-order valence-electron chi connectivity index (χ0n) is 12.0. The highest BCUT2D eigenvalue weighted by Crippen LogP contribution is 2.16. The molecule has 19 heavy (non-hydrogen) atoms. The van der Waals surface area contributed by atoms with Gasteiger partial charge in [0.1, 0.15) is 12.4 Å². The molecular formula is C15H25N3O. The second-order valence-electron chi connectivity index (χ2n) is 5.60. The van der Waals surface area contributed by atoms with Crippen LogP contribution in [-0.4, -0.2) is 56.7 Å². The molecular weight excluding hydrogens is 238 g/mol. The van der Waals surface area contributed by atoms with E-state index in [0.29, 0.717) is 6.61 Å². The Balaban J connectivity index is 1.65. The quantitative estimate of drug-likeness (QED) is 0.790. The fourth-order valence-corrected chi connectivity index (χ4v) is 2.63. The summed E-state index contributed by atoms with van der Waals surface area (Å²) in [6.45, 7) is 5.28. The molecule has 1 aromatic rings. The third-order valence-corrected chi connectivity index (χ3v) is 3.66. The number of nitrogens with zero attached hydrogens (tertiary/aromatic N) is 2. The molecule has 4 heteroatoms. The van der Waals surface area contributed by atoms with Gasteiger partial charge in [-0.3, -0.25) is 0 Å². The molecule has 0 saturated carbocycles. The van der Waals surface area contributed by atoms with Crippen molar-refractivity contribution in [1.82, 2.24) is 9.80 Å². The maximum absolute atomic E-state index is 5.72. The molecule has 1 aliphatic rings. The maximum Gasteiger partial charge on any atom is 0.121 e. The molecule has 1 aliphatic heterocycles. The van der Waals surface area contributed by atoms with Crippen LogP contribution in [0.5, 0.6) is 5.75 Å². The first-order chi connectivity index (χ1) is 9.13. The lowest BCUT2D eigenvalue weighted by Crippen LogP contribution is -2.30. The fourth-order valence-electron chi connectivity index (χ4n) is 2.63. The van der Waals surface area contributed by atoms with E-state index in [1.165, 1.54) is 19.5 Å². The molecule has 1 saturated heterocycles. The minimum absolute atomic E-state index is 0.711. The van der Waals surface area contributed by atoms with Crippen molar-refractivity contribution >= 4 is 5.69 Å². The van der Waals surface area contributed by atoms with Crippen molar-refractivity contribution in [2.45, 2.75) is 6.42 Å². The van der Waals surface area contributed by atoms with E-state index in [0.717, 1.165) is 30.4 Å². The number of benzene rings is 1. The molecule has 1 atom stereocenters. The van der Waals surface area contributed by atoms with E-state index in [1.807, 2.05) is 24.3 Å². The molecule has 0 aliphatic carbocycles. The highest BCUT2D eigenvalue weighted by atomic mass is 16.5. The number of ether oxygens (including phenoxy) is 1. The van der Waals surface area contributed by atoms with Crippen LogP contribution < -0.4 is 10.5 Å². The summed E-state index contributed by atoms with van der Waals surface area (Å²) in [7, 11) is 4.37. The number of likely N-dealkylation sites (N-methyl/N-ethyl adjacent to an activating group) is 1. The van der Waals surface area contributed by atoms with Crippen LogP contribution in [0.15, 0.2) is 24.3 Å². The van der Waals surface area contributed by atoms with Crippen molar-refractivity contribution in [2.75, 3.05) is 52.6 Å². The summed E-state index contributed by atoms with van der Waals surface area (Å²) < 4.78 is 5.71. The number of rotatable bonds is 6. The van der Waals surface area contributed by atoms with Crippen LogP contribution in [0.2, 0.25) is 0 Å². The normalized spacial score (nSPS) is 20.1. The average Bonchev–Trinajstić information content (AvgIpc) is 2.75. The first kappa shape index (κ1) is 14.2. The van der Waals surface area contributed by atoms with Crippen molar-refractivity contribution in [3.63, 3.8) is 0 Å². The van der Waals surface area contributed by atoms with E-state index in [-0.39, 0.29) is 0 Å². The van der Waals surface area contributed by atoms with Crippen molar-refractivity contribution in [1.29, 1.82) is 0 Å². The summed E-state index contributed by atoms with van der Waals surface area (Å²) in [6.07, 6.45) is 1.32. The van der Waals surface area contributed by atoms with E-state index in [9.17, 15) is 0 Å². The van der Waals surface area contributed by atoms with E-state index in [1.54, 1.807) is 0 Å². The van der Waals surface area contributed by atoms with Crippen LogP contribution in [0.1, 0.15) is 6.42 Å². The molecule has 1 heterocycles. The van der Waals surface area contributed by atoms with Gasteiger partial charge < -0.3 is 20.3 Å². The summed E-state index contributed by atoms with van der Waals surface area (Å²) in [5, 5.41) is 0. The Labute approximate surface area is 116 Å². The summed E-state index contributed by atoms with van der Waals surface area (Å²) in [5.74, 6) is 1.66. The van der Waals surface area contributed by atoms with Gasteiger partial charge in [-0.1, -0.05) is 6.07 Å². The maximum atomic E-state index is 5.72. The SMILES string of the molecule is CN(CCOc1cccc(N)c1)CC1CCN(C)C1. The van der Waals surface area contributed by atoms with Crippen LogP contribution in [-0.2, 0) is 0 Å². The minimum atomic E-state index is 0.711. The van der Waals surface area contributed by atoms with Crippen molar-refractivity contribution in [3.8, 4) is 5.75 Å². The zero-order chi connectivity index (χ0) is 13.7. The Morgan fingerprint density at radius 2 is 2.32 bits per heavy atom. The highest BCUT2D eigenvalue weighted by molar-refractivity contribution is 5.43. The molecule has 1 unspecified atom stereocenters. The number of hydrogen-bond donors (Lipinski definition) is 1. The predicted molar refractivity (Wildman–Crippen MR) is 79.5 cm³/mol. The van der Waals surface area contributed by atoms with E-state index >= 15 is 0 Å². The molecule has 1 aromatic carbocycles. The molecule has 2 N–H and O–H groups in total. The van der Waals surface area contributed by atoms with Gasteiger partial charge in [0.05, 0.1) is 0 Å². The van der Waals surface area contributed by atoms with Crippen molar-refractivity contribution in [3.05, 3.63) is 24.3 Å². The van der Waals surface area contributed by atoms with Crippen LogP contribution in [0.25, 0.3) is 0 Å². The fraction of sp³-hybridized carbons (Fsp3) is 0.600. The van der Waals surface area contributed by atoms with Gasteiger partial charge in [-0.05, 0) is 45.1 Å². The summed E-state index contributed by atoms with van der Waals surface area (Å²) in [4.78, 5) is 4.76. The Kier molecular flexibility index (Phi) is 5.05. The van der Waals surface area contributed by atoms with Gasteiger partial charge in [0.2, 0.25) is 0 Å². The average molecular weight is 263 g/mol. The summed E-state index contributed by atoms with van der Waals surface area (Å²) in [6, 6.07) is 7.60. The van der Waals surface area contributed by atoms with Gasteiger partial charge in [-0.2, -0.15) is 0 Å². The van der Waals surface area contributed by atoms with Crippen molar-refractivity contribution < 1.29 is 4.74 Å². The van der Waals surface area contributed by atoms with Gasteiger partial charge in [0.15, 0.2) is 0 Å². The molecule has 0 aromatic heterocycles. The van der Waals surface area contributed by atoms with E-state index < -0.39 is 0 Å². The Morgan fingerprint density at radius 3 is 3.00 bits per heavy atom. The van der Waals surface area contributed by atoms with Crippen LogP contribution in [0.4, 0.5) is 5.69 Å². The second kappa shape index (κ2) is 6.78. The monoisotopic (exact) mass is 263 g/mol. The summed E-state index contributed by atoms with van der Waals surface area (Å²) in [5.41, 5.74) is 6.47. The molecule has 106 valence electrons. The lowest BCUT2D eigenvalue weighted by Gasteiger charge is -2.21. The summed E-state index contributed by atoms with van der Waals surface area (Å²) >= 11 is 0. The smallest absolute Gasteiger partial charge is 0.121 e.